The van der Waals surface area contributed by atoms with Crippen molar-refractivity contribution in [1.29, 1.82) is 0 Å². The predicted octanol–water partition coefficient (Wildman–Crippen LogP) is 1.07. The maximum absolute atomic E-state index is 11.5. The van der Waals surface area contributed by atoms with Crippen molar-refractivity contribution in [1.82, 2.24) is 5.32 Å². The van der Waals surface area contributed by atoms with Crippen LogP contribution in [-0.2, 0) is 4.79 Å². The average molecular weight is 185 g/mol. The van der Waals surface area contributed by atoms with Crippen LogP contribution in [0.15, 0.2) is 0 Å². The first-order valence-electron chi connectivity index (χ1n) is 5.23. The third-order valence-corrected chi connectivity index (χ3v) is 2.61. The molecule has 0 saturated heterocycles. The van der Waals surface area contributed by atoms with Gasteiger partial charge in [-0.2, -0.15) is 0 Å². The quantitative estimate of drug-likeness (QED) is 0.643. The van der Waals surface area contributed by atoms with Gasteiger partial charge in [0.25, 0.3) is 0 Å². The van der Waals surface area contributed by atoms with Crippen molar-refractivity contribution >= 4 is 5.91 Å². The van der Waals surface area contributed by atoms with E-state index in [2.05, 4.69) is 5.32 Å². The predicted molar refractivity (Wildman–Crippen MR) is 51.3 cm³/mol. The van der Waals surface area contributed by atoms with Crippen molar-refractivity contribution in [2.24, 2.45) is 5.92 Å². The van der Waals surface area contributed by atoms with Gasteiger partial charge in [0.1, 0.15) is 0 Å². The molecule has 0 unspecified atom stereocenters. The lowest BCUT2D eigenvalue weighted by molar-refractivity contribution is -0.125. The summed E-state index contributed by atoms with van der Waals surface area (Å²) in [7, 11) is 0. The van der Waals surface area contributed by atoms with Gasteiger partial charge < -0.3 is 10.4 Å². The lowest BCUT2D eigenvalue weighted by atomic mass is 9.89. The third-order valence-electron chi connectivity index (χ3n) is 2.61. The summed E-state index contributed by atoms with van der Waals surface area (Å²) in [6.07, 6.45) is 6.42. The fraction of sp³-hybridized carbons (Fsp3) is 0.900. The van der Waals surface area contributed by atoms with Crippen molar-refractivity contribution in [3.63, 3.8) is 0 Å². The van der Waals surface area contributed by atoms with E-state index in [1.165, 1.54) is 19.3 Å². The van der Waals surface area contributed by atoms with Crippen molar-refractivity contribution in [3.05, 3.63) is 0 Å². The van der Waals surface area contributed by atoms with Crippen LogP contribution in [-0.4, -0.2) is 24.2 Å². The van der Waals surface area contributed by atoms with Crippen molar-refractivity contribution in [3.8, 4) is 0 Å². The number of aliphatic hydroxyl groups excluding tert-OH is 1. The van der Waals surface area contributed by atoms with E-state index in [1.807, 2.05) is 0 Å². The van der Waals surface area contributed by atoms with E-state index in [0.29, 0.717) is 13.0 Å². The Bertz CT molecular complexity index is 153. The number of carbonyl (C=O) groups is 1. The van der Waals surface area contributed by atoms with Gasteiger partial charge in [-0.05, 0) is 19.3 Å². The van der Waals surface area contributed by atoms with Crippen LogP contribution in [0.2, 0.25) is 0 Å². The van der Waals surface area contributed by atoms with E-state index in [0.717, 1.165) is 12.8 Å². The fourth-order valence-electron chi connectivity index (χ4n) is 1.80. The first-order chi connectivity index (χ1) is 6.34. The Kier molecular flexibility index (Phi) is 4.83. The molecule has 1 fully saturated rings. The zero-order chi connectivity index (χ0) is 9.52. The Morgan fingerprint density at radius 3 is 2.62 bits per heavy atom. The van der Waals surface area contributed by atoms with E-state index in [-0.39, 0.29) is 18.4 Å². The summed E-state index contributed by atoms with van der Waals surface area (Å²) in [5.74, 6) is 0.431. The van der Waals surface area contributed by atoms with Crippen LogP contribution < -0.4 is 5.32 Å². The highest BCUT2D eigenvalue weighted by Gasteiger charge is 2.20. The molecular weight excluding hydrogens is 166 g/mol. The first kappa shape index (κ1) is 10.5. The van der Waals surface area contributed by atoms with Gasteiger partial charge in [-0.15, -0.1) is 0 Å². The maximum Gasteiger partial charge on any atom is 0.223 e. The highest BCUT2D eigenvalue weighted by molar-refractivity contribution is 5.78. The normalized spacial score (nSPS) is 18.5. The summed E-state index contributed by atoms with van der Waals surface area (Å²) < 4.78 is 0. The molecule has 0 aliphatic heterocycles. The molecule has 2 N–H and O–H groups in total. The summed E-state index contributed by atoms with van der Waals surface area (Å²) in [5, 5.41) is 11.4. The first-order valence-corrected chi connectivity index (χ1v) is 5.23. The standard InChI is InChI=1S/C10H19NO2/c12-8-4-7-11-10(13)9-5-2-1-3-6-9/h9,12H,1-8H2,(H,11,13). The Balaban J connectivity index is 2.13. The lowest BCUT2D eigenvalue weighted by Gasteiger charge is -2.20. The Labute approximate surface area is 79.5 Å². The fourth-order valence-corrected chi connectivity index (χ4v) is 1.80. The molecule has 0 spiro atoms. The van der Waals surface area contributed by atoms with Crippen LogP contribution in [0, 0.1) is 5.92 Å². The van der Waals surface area contributed by atoms with Crippen molar-refractivity contribution < 1.29 is 9.90 Å². The molecule has 76 valence electrons. The number of aliphatic hydroxyl groups is 1. The molecule has 0 radical (unpaired) electrons. The van der Waals surface area contributed by atoms with Crippen LogP contribution in [0.1, 0.15) is 38.5 Å². The van der Waals surface area contributed by atoms with Crippen LogP contribution in [0.25, 0.3) is 0 Å². The summed E-state index contributed by atoms with van der Waals surface area (Å²) >= 11 is 0. The number of nitrogens with one attached hydrogen (secondary N) is 1. The van der Waals surface area contributed by atoms with E-state index in [1.54, 1.807) is 0 Å². The summed E-state index contributed by atoms with van der Waals surface area (Å²) in [6, 6.07) is 0. The van der Waals surface area contributed by atoms with Crippen LogP contribution in [0.3, 0.4) is 0 Å². The van der Waals surface area contributed by atoms with Gasteiger partial charge in [-0.1, -0.05) is 19.3 Å². The van der Waals surface area contributed by atoms with Gasteiger partial charge >= 0.3 is 0 Å². The van der Waals surface area contributed by atoms with Gasteiger partial charge in [0.2, 0.25) is 5.91 Å². The van der Waals surface area contributed by atoms with Crippen molar-refractivity contribution in [2.75, 3.05) is 13.2 Å². The van der Waals surface area contributed by atoms with Crippen LogP contribution >= 0.6 is 0 Å². The van der Waals surface area contributed by atoms with E-state index < -0.39 is 0 Å². The summed E-state index contributed by atoms with van der Waals surface area (Å²) in [6.45, 7) is 0.775. The highest BCUT2D eigenvalue weighted by atomic mass is 16.3. The van der Waals surface area contributed by atoms with E-state index in [9.17, 15) is 4.79 Å². The van der Waals surface area contributed by atoms with E-state index in [4.69, 9.17) is 5.11 Å². The van der Waals surface area contributed by atoms with Gasteiger partial charge in [-0.3, -0.25) is 4.79 Å². The second kappa shape index (κ2) is 5.97. The monoisotopic (exact) mass is 185 g/mol. The molecule has 1 aliphatic carbocycles. The number of rotatable bonds is 4. The smallest absolute Gasteiger partial charge is 0.223 e. The minimum absolute atomic E-state index is 0.158. The molecule has 0 aromatic carbocycles. The van der Waals surface area contributed by atoms with Gasteiger partial charge in [0.05, 0.1) is 0 Å². The number of hydrogen-bond acceptors (Lipinski definition) is 2. The SMILES string of the molecule is O=C(NCCCO)C1CCCCC1. The summed E-state index contributed by atoms with van der Waals surface area (Å²) in [4.78, 5) is 11.5. The van der Waals surface area contributed by atoms with Crippen LogP contribution in [0.4, 0.5) is 0 Å². The zero-order valence-electron chi connectivity index (χ0n) is 8.09. The molecule has 1 saturated carbocycles. The largest absolute Gasteiger partial charge is 0.396 e. The van der Waals surface area contributed by atoms with Gasteiger partial charge in [0.15, 0.2) is 0 Å². The maximum atomic E-state index is 11.5. The Morgan fingerprint density at radius 1 is 1.31 bits per heavy atom. The molecule has 1 amide bonds. The molecule has 1 rings (SSSR count). The summed E-state index contributed by atoms with van der Waals surface area (Å²) in [5.41, 5.74) is 0. The molecule has 0 atom stereocenters. The highest BCUT2D eigenvalue weighted by Crippen LogP contribution is 2.23. The zero-order valence-corrected chi connectivity index (χ0v) is 8.09. The Morgan fingerprint density at radius 2 is 2.00 bits per heavy atom. The number of amides is 1. The molecule has 3 nitrogen and oxygen atoms in total. The molecule has 0 heterocycles. The third kappa shape index (κ3) is 3.77. The lowest BCUT2D eigenvalue weighted by Crippen LogP contribution is -2.32. The second-order valence-electron chi connectivity index (χ2n) is 3.70. The molecule has 0 aromatic heterocycles. The molecule has 13 heavy (non-hydrogen) atoms. The molecule has 3 heteroatoms. The minimum atomic E-state index is 0.158. The second-order valence-corrected chi connectivity index (χ2v) is 3.70. The van der Waals surface area contributed by atoms with Crippen LogP contribution in [0.5, 0.6) is 0 Å². The average Bonchev–Trinajstić information content (AvgIpc) is 2.19. The minimum Gasteiger partial charge on any atom is -0.396 e. The number of hydrogen-bond donors (Lipinski definition) is 2. The molecule has 0 aromatic rings. The Hall–Kier alpha value is -0.570. The van der Waals surface area contributed by atoms with Gasteiger partial charge in [0, 0.05) is 19.1 Å². The molecule has 0 bridgehead atoms. The van der Waals surface area contributed by atoms with E-state index >= 15 is 0 Å². The topological polar surface area (TPSA) is 49.3 Å². The van der Waals surface area contributed by atoms with Crippen molar-refractivity contribution in [2.45, 2.75) is 38.5 Å². The molecular formula is C10H19NO2. The number of carbonyl (C=O) groups excluding carboxylic acids is 1. The van der Waals surface area contributed by atoms with Gasteiger partial charge in [-0.25, -0.2) is 0 Å². The molecule has 1 aliphatic rings.